The summed E-state index contributed by atoms with van der Waals surface area (Å²) in [4.78, 5) is 12.1. The summed E-state index contributed by atoms with van der Waals surface area (Å²) in [5.74, 6) is 3.60. The molecule has 0 atom stereocenters. The quantitative estimate of drug-likeness (QED) is 0.819. The minimum Gasteiger partial charge on any atom is -0.492 e. The minimum atomic E-state index is -0.0574. The monoisotopic (exact) mass is 294 g/mol. The first-order valence-corrected chi connectivity index (χ1v) is 8.24. The van der Waals surface area contributed by atoms with Gasteiger partial charge in [-0.2, -0.15) is 11.8 Å². The van der Waals surface area contributed by atoms with Gasteiger partial charge in [-0.05, 0) is 55.4 Å². The van der Waals surface area contributed by atoms with Gasteiger partial charge < -0.3 is 15.8 Å². The summed E-state index contributed by atoms with van der Waals surface area (Å²) in [7, 11) is 0. The number of nitrogens with two attached hydrogens (primary N) is 1. The van der Waals surface area contributed by atoms with Gasteiger partial charge in [0.2, 0.25) is 0 Å². The van der Waals surface area contributed by atoms with E-state index in [0.717, 1.165) is 6.54 Å². The topological polar surface area (TPSA) is 64.3 Å². The van der Waals surface area contributed by atoms with Crippen LogP contribution >= 0.6 is 11.8 Å². The molecule has 0 spiro atoms. The van der Waals surface area contributed by atoms with E-state index in [1.165, 1.54) is 24.3 Å². The maximum absolute atomic E-state index is 12.1. The van der Waals surface area contributed by atoms with Gasteiger partial charge in [-0.1, -0.05) is 0 Å². The van der Waals surface area contributed by atoms with Crippen LogP contribution < -0.4 is 15.8 Å². The van der Waals surface area contributed by atoms with Crippen LogP contribution in [-0.4, -0.2) is 30.6 Å². The zero-order valence-corrected chi connectivity index (χ0v) is 12.7. The van der Waals surface area contributed by atoms with Crippen LogP contribution in [0.15, 0.2) is 18.2 Å². The highest BCUT2D eigenvalue weighted by Crippen LogP contribution is 2.23. The second-order valence-corrected chi connectivity index (χ2v) is 6.18. The van der Waals surface area contributed by atoms with E-state index in [2.05, 4.69) is 5.32 Å². The molecule has 0 aliphatic carbocycles. The fraction of sp³-hybridized carbons (Fsp3) is 0.533. The average molecular weight is 294 g/mol. The number of amides is 1. The molecular formula is C15H22N2O2S. The molecule has 1 aromatic carbocycles. The lowest BCUT2D eigenvalue weighted by Gasteiger charge is -2.21. The minimum absolute atomic E-state index is 0.0574. The molecule has 5 heteroatoms. The fourth-order valence-corrected chi connectivity index (χ4v) is 3.47. The van der Waals surface area contributed by atoms with Gasteiger partial charge in [0.05, 0.1) is 12.3 Å². The van der Waals surface area contributed by atoms with Gasteiger partial charge in [-0.25, -0.2) is 0 Å². The van der Waals surface area contributed by atoms with Crippen LogP contribution in [0, 0.1) is 5.92 Å². The van der Waals surface area contributed by atoms with Gasteiger partial charge in [0.25, 0.3) is 5.91 Å². The zero-order chi connectivity index (χ0) is 14.4. The molecule has 1 fully saturated rings. The molecule has 0 bridgehead atoms. The van der Waals surface area contributed by atoms with Crippen molar-refractivity contribution < 1.29 is 9.53 Å². The summed E-state index contributed by atoms with van der Waals surface area (Å²) in [6.45, 7) is 3.23. The normalized spacial score (nSPS) is 15.8. The molecule has 4 nitrogen and oxygen atoms in total. The van der Waals surface area contributed by atoms with Crippen molar-refractivity contribution in [1.29, 1.82) is 0 Å². The molecular weight excluding hydrogens is 272 g/mol. The number of rotatable bonds is 5. The average Bonchev–Trinajstić information content (AvgIpc) is 2.48. The highest BCUT2D eigenvalue weighted by atomic mass is 32.2. The molecule has 0 aromatic heterocycles. The van der Waals surface area contributed by atoms with Crippen molar-refractivity contribution in [2.24, 2.45) is 5.92 Å². The number of ether oxygens (including phenoxy) is 1. The largest absolute Gasteiger partial charge is 0.492 e. The van der Waals surface area contributed by atoms with Crippen molar-refractivity contribution in [2.75, 3.05) is 30.4 Å². The molecule has 2 rings (SSSR count). The summed E-state index contributed by atoms with van der Waals surface area (Å²) >= 11 is 1.99. The maximum atomic E-state index is 12.1. The molecule has 1 amide bonds. The van der Waals surface area contributed by atoms with Crippen LogP contribution in [0.5, 0.6) is 5.75 Å². The first kappa shape index (κ1) is 15.0. The number of benzene rings is 1. The summed E-state index contributed by atoms with van der Waals surface area (Å²) in [5, 5.41) is 3.00. The van der Waals surface area contributed by atoms with Gasteiger partial charge in [-0.3, -0.25) is 4.79 Å². The van der Waals surface area contributed by atoms with E-state index in [4.69, 9.17) is 10.5 Å². The standard InChI is InChI=1S/C15H22N2O2S/c1-2-19-14-4-3-12(9-13(14)16)15(18)17-10-11-5-7-20-8-6-11/h3-4,9,11H,2,5-8,10,16H2,1H3,(H,17,18). The summed E-state index contributed by atoms with van der Waals surface area (Å²) in [6, 6.07) is 5.19. The van der Waals surface area contributed by atoms with Gasteiger partial charge in [-0.15, -0.1) is 0 Å². The Morgan fingerprint density at radius 2 is 2.20 bits per heavy atom. The molecule has 1 aliphatic rings. The second kappa shape index (κ2) is 7.43. The van der Waals surface area contributed by atoms with Crippen LogP contribution in [0.4, 0.5) is 5.69 Å². The Balaban J connectivity index is 1.89. The number of anilines is 1. The van der Waals surface area contributed by atoms with Crippen molar-refractivity contribution in [2.45, 2.75) is 19.8 Å². The van der Waals surface area contributed by atoms with Gasteiger partial charge in [0, 0.05) is 12.1 Å². The summed E-state index contributed by atoms with van der Waals surface area (Å²) in [6.07, 6.45) is 2.38. The van der Waals surface area contributed by atoms with Crippen LogP contribution in [0.1, 0.15) is 30.1 Å². The van der Waals surface area contributed by atoms with E-state index in [-0.39, 0.29) is 5.91 Å². The summed E-state index contributed by atoms with van der Waals surface area (Å²) in [5.41, 5.74) is 6.98. The molecule has 0 saturated carbocycles. The number of nitrogens with one attached hydrogen (secondary N) is 1. The third-order valence-corrected chi connectivity index (χ3v) is 4.51. The molecule has 20 heavy (non-hydrogen) atoms. The SMILES string of the molecule is CCOc1ccc(C(=O)NCC2CCSCC2)cc1N. The lowest BCUT2D eigenvalue weighted by molar-refractivity contribution is 0.0946. The van der Waals surface area contributed by atoms with Gasteiger partial charge in [0.15, 0.2) is 0 Å². The van der Waals surface area contributed by atoms with Crippen LogP contribution in [0.2, 0.25) is 0 Å². The number of thioether (sulfide) groups is 1. The highest BCUT2D eigenvalue weighted by Gasteiger charge is 2.15. The summed E-state index contributed by atoms with van der Waals surface area (Å²) < 4.78 is 5.37. The Labute approximate surface area is 124 Å². The zero-order valence-electron chi connectivity index (χ0n) is 11.9. The van der Waals surface area contributed by atoms with E-state index in [1.54, 1.807) is 18.2 Å². The van der Waals surface area contributed by atoms with Crippen LogP contribution in [-0.2, 0) is 0 Å². The number of hydrogen-bond acceptors (Lipinski definition) is 4. The van der Waals surface area contributed by atoms with Crippen molar-refractivity contribution in [3.05, 3.63) is 23.8 Å². The predicted molar refractivity (Wildman–Crippen MR) is 84.4 cm³/mol. The molecule has 0 radical (unpaired) electrons. The number of carbonyl (C=O) groups is 1. The smallest absolute Gasteiger partial charge is 0.251 e. The first-order valence-electron chi connectivity index (χ1n) is 7.09. The Bertz CT molecular complexity index is 459. The number of carbonyl (C=O) groups excluding carboxylic acids is 1. The fourth-order valence-electron chi connectivity index (χ4n) is 2.27. The Morgan fingerprint density at radius 3 is 2.85 bits per heavy atom. The van der Waals surface area contributed by atoms with Gasteiger partial charge >= 0.3 is 0 Å². The third-order valence-electron chi connectivity index (χ3n) is 3.46. The first-order chi connectivity index (χ1) is 9.70. The predicted octanol–water partition coefficient (Wildman–Crippen LogP) is 2.54. The lowest BCUT2D eigenvalue weighted by atomic mass is 10.0. The van der Waals surface area contributed by atoms with E-state index in [1.807, 2.05) is 18.7 Å². The Hall–Kier alpha value is -1.36. The molecule has 1 aromatic rings. The Kier molecular flexibility index (Phi) is 5.59. The molecule has 1 aliphatic heterocycles. The number of nitrogen functional groups attached to an aromatic ring is 1. The van der Waals surface area contributed by atoms with Crippen molar-refractivity contribution in [3.63, 3.8) is 0 Å². The van der Waals surface area contributed by atoms with Crippen LogP contribution in [0.25, 0.3) is 0 Å². The number of hydrogen-bond donors (Lipinski definition) is 2. The highest BCUT2D eigenvalue weighted by molar-refractivity contribution is 7.99. The maximum Gasteiger partial charge on any atom is 0.251 e. The van der Waals surface area contributed by atoms with E-state index < -0.39 is 0 Å². The van der Waals surface area contributed by atoms with E-state index in [9.17, 15) is 4.79 Å². The second-order valence-electron chi connectivity index (χ2n) is 4.95. The van der Waals surface area contributed by atoms with E-state index in [0.29, 0.717) is 29.5 Å². The van der Waals surface area contributed by atoms with Crippen LogP contribution in [0.3, 0.4) is 0 Å². The molecule has 3 N–H and O–H groups in total. The van der Waals surface area contributed by atoms with Crippen molar-refractivity contribution in [3.8, 4) is 5.75 Å². The van der Waals surface area contributed by atoms with Crippen molar-refractivity contribution >= 4 is 23.4 Å². The molecule has 1 saturated heterocycles. The molecule has 1 heterocycles. The third kappa shape index (κ3) is 4.07. The molecule has 0 unspecified atom stereocenters. The Morgan fingerprint density at radius 1 is 1.45 bits per heavy atom. The lowest BCUT2D eigenvalue weighted by Crippen LogP contribution is -2.31. The molecule has 110 valence electrons. The van der Waals surface area contributed by atoms with Gasteiger partial charge in [0.1, 0.15) is 5.75 Å². The van der Waals surface area contributed by atoms with E-state index >= 15 is 0 Å². The van der Waals surface area contributed by atoms with Crippen molar-refractivity contribution in [1.82, 2.24) is 5.32 Å².